The van der Waals surface area contributed by atoms with Crippen LogP contribution in [-0.2, 0) is 11.3 Å². The zero-order valence-corrected chi connectivity index (χ0v) is 8.53. The molecule has 1 amide bonds. The third-order valence-electron chi connectivity index (χ3n) is 2.55. The highest BCUT2D eigenvalue weighted by Gasteiger charge is 2.16. The predicted octanol–water partition coefficient (Wildman–Crippen LogP) is 0.433. The summed E-state index contributed by atoms with van der Waals surface area (Å²) in [5.41, 5.74) is 0.875. The fourth-order valence-corrected chi connectivity index (χ4v) is 1.73. The van der Waals surface area contributed by atoms with Gasteiger partial charge in [0.1, 0.15) is 6.26 Å². The fourth-order valence-electron chi connectivity index (χ4n) is 1.73. The van der Waals surface area contributed by atoms with E-state index in [1.54, 1.807) is 6.26 Å². The molecule has 5 nitrogen and oxygen atoms in total. The van der Waals surface area contributed by atoms with Crippen molar-refractivity contribution in [3.63, 3.8) is 0 Å². The molecule has 5 heteroatoms. The van der Waals surface area contributed by atoms with Crippen molar-refractivity contribution in [2.75, 3.05) is 6.54 Å². The number of aromatic nitrogens is 1. The minimum absolute atomic E-state index is 0.130. The van der Waals surface area contributed by atoms with E-state index >= 15 is 0 Å². The quantitative estimate of drug-likeness (QED) is 0.757. The number of nitrogens with one attached hydrogen (secondary N) is 2. The van der Waals surface area contributed by atoms with E-state index in [2.05, 4.69) is 15.8 Å². The lowest BCUT2D eigenvalue weighted by molar-refractivity contribution is -0.121. The summed E-state index contributed by atoms with van der Waals surface area (Å²) in [6.45, 7) is 1.45. The Hall–Kier alpha value is -1.36. The molecular formula is C10H15N3O2. The van der Waals surface area contributed by atoms with E-state index in [4.69, 9.17) is 4.52 Å². The van der Waals surface area contributed by atoms with Gasteiger partial charge in [0.2, 0.25) is 5.91 Å². The third-order valence-corrected chi connectivity index (χ3v) is 2.55. The van der Waals surface area contributed by atoms with E-state index in [0.29, 0.717) is 13.0 Å². The molecule has 2 N–H and O–H groups in total. The van der Waals surface area contributed by atoms with Crippen molar-refractivity contribution < 1.29 is 9.32 Å². The van der Waals surface area contributed by atoms with Gasteiger partial charge < -0.3 is 15.2 Å². The average molecular weight is 209 g/mol. The predicted molar refractivity (Wildman–Crippen MR) is 54.0 cm³/mol. The van der Waals surface area contributed by atoms with Gasteiger partial charge in [0.05, 0.1) is 5.69 Å². The van der Waals surface area contributed by atoms with Crippen LogP contribution in [0.3, 0.4) is 0 Å². The molecule has 1 saturated heterocycles. The minimum atomic E-state index is 0.130. The molecule has 0 saturated carbocycles. The number of rotatable bonds is 3. The second-order valence-electron chi connectivity index (χ2n) is 3.76. The van der Waals surface area contributed by atoms with Crippen LogP contribution in [0.5, 0.6) is 0 Å². The van der Waals surface area contributed by atoms with E-state index in [1.165, 1.54) is 0 Å². The normalized spacial score (nSPS) is 22.1. The number of hydrogen-bond acceptors (Lipinski definition) is 4. The van der Waals surface area contributed by atoms with Gasteiger partial charge in [-0.25, -0.2) is 0 Å². The first-order valence-corrected chi connectivity index (χ1v) is 5.24. The molecule has 1 aromatic rings. The molecule has 15 heavy (non-hydrogen) atoms. The Kier molecular flexibility index (Phi) is 3.34. The zero-order chi connectivity index (χ0) is 10.5. The zero-order valence-electron chi connectivity index (χ0n) is 8.53. The number of carbonyl (C=O) groups excluding carboxylic acids is 1. The van der Waals surface area contributed by atoms with E-state index < -0.39 is 0 Å². The molecule has 1 aliphatic heterocycles. The molecule has 2 rings (SSSR count). The number of carbonyl (C=O) groups is 1. The number of amides is 1. The van der Waals surface area contributed by atoms with Crippen molar-refractivity contribution in [2.45, 2.75) is 31.8 Å². The maximum Gasteiger partial charge on any atom is 0.221 e. The molecule has 0 bridgehead atoms. The van der Waals surface area contributed by atoms with E-state index in [0.717, 1.165) is 25.1 Å². The lowest BCUT2D eigenvalue weighted by atomic mass is 10.1. The summed E-state index contributed by atoms with van der Waals surface area (Å²) in [6, 6.07) is 2.08. The lowest BCUT2D eigenvalue weighted by Gasteiger charge is -2.13. The average Bonchev–Trinajstić information content (AvgIpc) is 2.65. The highest BCUT2D eigenvalue weighted by atomic mass is 16.5. The maximum atomic E-state index is 11.3. The van der Waals surface area contributed by atoms with Gasteiger partial charge in [-0.2, -0.15) is 0 Å². The molecule has 1 unspecified atom stereocenters. The standard InChI is InChI=1S/C10H15N3O2/c14-10-6-8(2-1-4-11-10)12-7-9-3-5-15-13-9/h3,5,8,12H,1-2,4,6-7H2,(H,11,14). The Labute approximate surface area is 88.2 Å². The molecule has 2 heterocycles. The van der Waals surface area contributed by atoms with Crippen LogP contribution in [0, 0.1) is 0 Å². The molecule has 0 aromatic carbocycles. The van der Waals surface area contributed by atoms with Gasteiger partial charge in [0, 0.05) is 31.6 Å². The largest absolute Gasteiger partial charge is 0.364 e. The van der Waals surface area contributed by atoms with Crippen molar-refractivity contribution in [1.82, 2.24) is 15.8 Å². The first kappa shape index (κ1) is 10.2. The molecule has 0 aliphatic carbocycles. The second-order valence-corrected chi connectivity index (χ2v) is 3.76. The van der Waals surface area contributed by atoms with E-state index in [1.807, 2.05) is 6.07 Å². The maximum absolute atomic E-state index is 11.3. The van der Waals surface area contributed by atoms with E-state index in [9.17, 15) is 4.79 Å². The van der Waals surface area contributed by atoms with Gasteiger partial charge >= 0.3 is 0 Å². The highest BCUT2D eigenvalue weighted by Crippen LogP contribution is 2.06. The third kappa shape index (κ3) is 3.06. The van der Waals surface area contributed by atoms with Gasteiger partial charge in [-0.1, -0.05) is 5.16 Å². The molecular weight excluding hydrogens is 194 g/mol. The van der Waals surface area contributed by atoms with Crippen LogP contribution in [0.4, 0.5) is 0 Å². The highest BCUT2D eigenvalue weighted by molar-refractivity contribution is 5.76. The van der Waals surface area contributed by atoms with Crippen LogP contribution < -0.4 is 10.6 Å². The van der Waals surface area contributed by atoms with Crippen molar-refractivity contribution in [1.29, 1.82) is 0 Å². The van der Waals surface area contributed by atoms with Crippen LogP contribution in [0.1, 0.15) is 25.0 Å². The van der Waals surface area contributed by atoms with Crippen molar-refractivity contribution in [3.05, 3.63) is 18.0 Å². The van der Waals surface area contributed by atoms with Crippen LogP contribution in [0.15, 0.2) is 16.9 Å². The fraction of sp³-hybridized carbons (Fsp3) is 0.600. The Morgan fingerprint density at radius 1 is 1.67 bits per heavy atom. The summed E-state index contributed by atoms with van der Waals surface area (Å²) in [4.78, 5) is 11.3. The molecule has 1 fully saturated rings. The SMILES string of the molecule is O=C1CC(NCc2ccon2)CCCN1. The molecule has 0 spiro atoms. The van der Waals surface area contributed by atoms with Crippen molar-refractivity contribution in [2.24, 2.45) is 0 Å². The van der Waals surface area contributed by atoms with Crippen LogP contribution in [-0.4, -0.2) is 23.7 Å². The first-order valence-electron chi connectivity index (χ1n) is 5.24. The molecule has 1 aromatic heterocycles. The van der Waals surface area contributed by atoms with Gasteiger partial charge in [-0.15, -0.1) is 0 Å². The molecule has 0 radical (unpaired) electrons. The van der Waals surface area contributed by atoms with Crippen molar-refractivity contribution in [3.8, 4) is 0 Å². The summed E-state index contributed by atoms with van der Waals surface area (Å²) in [7, 11) is 0. The van der Waals surface area contributed by atoms with Gasteiger partial charge in [-0.05, 0) is 12.8 Å². The Balaban J connectivity index is 1.80. The summed E-state index contributed by atoms with van der Waals surface area (Å²) < 4.78 is 4.73. The van der Waals surface area contributed by atoms with Gasteiger partial charge in [-0.3, -0.25) is 4.79 Å². The Bertz CT molecular complexity index is 310. The Morgan fingerprint density at radius 2 is 2.60 bits per heavy atom. The number of nitrogens with zero attached hydrogens (tertiary/aromatic N) is 1. The van der Waals surface area contributed by atoms with Gasteiger partial charge in [0.25, 0.3) is 0 Å². The minimum Gasteiger partial charge on any atom is -0.364 e. The number of hydrogen-bond donors (Lipinski definition) is 2. The summed E-state index contributed by atoms with van der Waals surface area (Å²) >= 11 is 0. The van der Waals surface area contributed by atoms with Crippen LogP contribution in [0.2, 0.25) is 0 Å². The summed E-state index contributed by atoms with van der Waals surface area (Å²) in [5.74, 6) is 0.130. The molecule has 1 atom stereocenters. The van der Waals surface area contributed by atoms with Gasteiger partial charge in [0.15, 0.2) is 0 Å². The topological polar surface area (TPSA) is 67.2 Å². The molecule has 82 valence electrons. The lowest BCUT2D eigenvalue weighted by Crippen LogP contribution is -2.32. The smallest absolute Gasteiger partial charge is 0.221 e. The second kappa shape index (κ2) is 4.93. The van der Waals surface area contributed by atoms with E-state index in [-0.39, 0.29) is 11.9 Å². The Morgan fingerprint density at radius 3 is 3.40 bits per heavy atom. The summed E-state index contributed by atoms with van der Waals surface area (Å²) in [6.07, 6.45) is 4.16. The molecule has 1 aliphatic rings. The monoisotopic (exact) mass is 209 g/mol. The first-order chi connectivity index (χ1) is 7.34. The van der Waals surface area contributed by atoms with Crippen LogP contribution >= 0.6 is 0 Å². The van der Waals surface area contributed by atoms with Crippen LogP contribution in [0.25, 0.3) is 0 Å². The van der Waals surface area contributed by atoms with Crippen molar-refractivity contribution >= 4 is 5.91 Å². The summed E-state index contributed by atoms with van der Waals surface area (Å²) in [5, 5.41) is 9.97.